The van der Waals surface area contributed by atoms with Crippen molar-refractivity contribution in [1.82, 2.24) is 10.2 Å². The van der Waals surface area contributed by atoms with Gasteiger partial charge in [0.15, 0.2) is 0 Å². The molecule has 2 rings (SSSR count). The highest BCUT2D eigenvalue weighted by Gasteiger charge is 2.45. The first-order valence-corrected chi connectivity index (χ1v) is 6.80. The molecule has 0 bridgehead atoms. The van der Waals surface area contributed by atoms with Gasteiger partial charge < -0.3 is 19.5 Å². The molecule has 0 aromatic carbocycles. The maximum atomic E-state index is 12.4. The van der Waals surface area contributed by atoms with Gasteiger partial charge in [-0.1, -0.05) is 0 Å². The highest BCUT2D eigenvalue weighted by molar-refractivity contribution is 5.69. The third-order valence-electron chi connectivity index (χ3n) is 3.26. The van der Waals surface area contributed by atoms with Crippen LogP contribution in [0.15, 0.2) is 0 Å². The molecular weight excluding hydrogens is 248 g/mol. The fourth-order valence-corrected chi connectivity index (χ4v) is 2.38. The molecule has 0 aromatic heterocycles. The molecule has 1 atom stereocenters. The molecule has 2 aliphatic rings. The molecule has 6 heteroatoms. The lowest BCUT2D eigenvalue weighted by Gasteiger charge is -2.45. The van der Waals surface area contributed by atoms with E-state index >= 15 is 0 Å². The van der Waals surface area contributed by atoms with E-state index in [0.29, 0.717) is 39.5 Å². The summed E-state index contributed by atoms with van der Waals surface area (Å²) >= 11 is 0. The predicted molar refractivity (Wildman–Crippen MR) is 70.2 cm³/mol. The average molecular weight is 272 g/mol. The van der Waals surface area contributed by atoms with Crippen molar-refractivity contribution >= 4 is 6.09 Å². The summed E-state index contributed by atoms with van der Waals surface area (Å²) < 4.78 is 16.7. The van der Waals surface area contributed by atoms with Crippen LogP contribution >= 0.6 is 0 Å². The van der Waals surface area contributed by atoms with Crippen LogP contribution < -0.4 is 5.32 Å². The zero-order valence-corrected chi connectivity index (χ0v) is 12.0. The van der Waals surface area contributed by atoms with Gasteiger partial charge in [0, 0.05) is 19.6 Å². The van der Waals surface area contributed by atoms with Crippen molar-refractivity contribution in [3.63, 3.8) is 0 Å². The summed E-state index contributed by atoms with van der Waals surface area (Å²) in [6.07, 6.45) is -0.289. The van der Waals surface area contributed by atoms with Crippen LogP contribution in [0.3, 0.4) is 0 Å². The molecule has 2 aliphatic heterocycles. The molecule has 110 valence electrons. The van der Waals surface area contributed by atoms with E-state index < -0.39 is 11.1 Å². The van der Waals surface area contributed by atoms with E-state index in [1.165, 1.54) is 0 Å². The normalized spacial score (nSPS) is 29.1. The van der Waals surface area contributed by atoms with Crippen LogP contribution in [0.5, 0.6) is 0 Å². The Labute approximate surface area is 114 Å². The second-order valence-corrected chi connectivity index (χ2v) is 6.14. The van der Waals surface area contributed by atoms with Crippen LogP contribution in [0, 0.1) is 0 Å². The van der Waals surface area contributed by atoms with Crippen LogP contribution in [0.2, 0.25) is 0 Å². The number of carbonyl (C=O) groups is 1. The number of carbonyl (C=O) groups excluding carboxylic acids is 1. The minimum absolute atomic E-state index is 0.289. The maximum Gasteiger partial charge on any atom is 0.411 e. The molecular formula is C13H24N2O4. The highest BCUT2D eigenvalue weighted by Crippen LogP contribution is 2.24. The Hall–Kier alpha value is -0.850. The molecule has 2 saturated heterocycles. The van der Waals surface area contributed by atoms with Crippen molar-refractivity contribution in [2.75, 3.05) is 46.1 Å². The number of ether oxygens (including phenoxy) is 3. The van der Waals surface area contributed by atoms with Crippen molar-refractivity contribution in [2.24, 2.45) is 0 Å². The summed E-state index contributed by atoms with van der Waals surface area (Å²) in [5, 5.41) is 3.30. The molecule has 1 unspecified atom stereocenters. The van der Waals surface area contributed by atoms with Crippen molar-refractivity contribution in [3.8, 4) is 0 Å². The van der Waals surface area contributed by atoms with E-state index in [1.807, 2.05) is 20.8 Å². The van der Waals surface area contributed by atoms with Gasteiger partial charge in [-0.15, -0.1) is 0 Å². The fourth-order valence-electron chi connectivity index (χ4n) is 2.38. The minimum Gasteiger partial charge on any atom is -0.444 e. The van der Waals surface area contributed by atoms with E-state index in [4.69, 9.17) is 14.2 Å². The predicted octanol–water partition coefficient (Wildman–Crippen LogP) is 0.612. The number of hydrogen-bond acceptors (Lipinski definition) is 5. The van der Waals surface area contributed by atoms with Gasteiger partial charge >= 0.3 is 6.09 Å². The van der Waals surface area contributed by atoms with E-state index in [1.54, 1.807) is 4.90 Å². The third-order valence-corrected chi connectivity index (χ3v) is 3.26. The van der Waals surface area contributed by atoms with Crippen LogP contribution in [0.1, 0.15) is 20.8 Å². The molecule has 2 fully saturated rings. The van der Waals surface area contributed by atoms with Gasteiger partial charge in [0.1, 0.15) is 11.1 Å². The highest BCUT2D eigenvalue weighted by atomic mass is 16.6. The molecule has 0 radical (unpaired) electrons. The molecule has 19 heavy (non-hydrogen) atoms. The van der Waals surface area contributed by atoms with Crippen molar-refractivity contribution < 1.29 is 19.0 Å². The Bertz CT molecular complexity index is 319. The summed E-state index contributed by atoms with van der Waals surface area (Å²) in [5.41, 5.74) is -0.938. The molecule has 0 aromatic rings. The summed E-state index contributed by atoms with van der Waals surface area (Å²) in [4.78, 5) is 14.1. The number of nitrogens with zero attached hydrogens (tertiary/aromatic N) is 1. The Morgan fingerprint density at radius 1 is 1.26 bits per heavy atom. The van der Waals surface area contributed by atoms with E-state index in [2.05, 4.69) is 5.32 Å². The summed E-state index contributed by atoms with van der Waals surface area (Å²) in [7, 11) is 0. The van der Waals surface area contributed by atoms with Gasteiger partial charge in [0.2, 0.25) is 0 Å². The van der Waals surface area contributed by atoms with Crippen molar-refractivity contribution in [3.05, 3.63) is 0 Å². The standard InChI is InChI=1S/C13H24N2O4/c1-12(2,3)19-11(16)15-5-7-18-10-13(15)8-14-4-6-17-9-13/h14H,4-10H2,1-3H3. The number of morpholine rings is 1. The topological polar surface area (TPSA) is 60.0 Å². The third kappa shape index (κ3) is 3.58. The first kappa shape index (κ1) is 14.6. The monoisotopic (exact) mass is 272 g/mol. The van der Waals surface area contributed by atoms with Gasteiger partial charge in [-0.3, -0.25) is 4.90 Å². The lowest BCUT2D eigenvalue weighted by molar-refractivity contribution is -0.0954. The molecule has 2 heterocycles. The Morgan fingerprint density at radius 3 is 2.63 bits per heavy atom. The number of amides is 1. The second kappa shape index (κ2) is 5.64. The van der Waals surface area contributed by atoms with Crippen molar-refractivity contribution in [1.29, 1.82) is 0 Å². The zero-order chi connectivity index (χ0) is 13.9. The summed E-state index contributed by atoms with van der Waals surface area (Å²) in [6, 6.07) is 0. The number of rotatable bonds is 0. The Morgan fingerprint density at radius 2 is 1.95 bits per heavy atom. The molecule has 1 N–H and O–H groups in total. The molecule has 1 spiro atoms. The van der Waals surface area contributed by atoms with Gasteiger partial charge in [-0.05, 0) is 20.8 Å². The van der Waals surface area contributed by atoms with Crippen LogP contribution in [0.4, 0.5) is 4.79 Å². The zero-order valence-electron chi connectivity index (χ0n) is 12.0. The summed E-state index contributed by atoms with van der Waals surface area (Å²) in [6.45, 7) is 9.80. The molecule has 0 saturated carbocycles. The van der Waals surface area contributed by atoms with Gasteiger partial charge in [-0.25, -0.2) is 4.79 Å². The van der Waals surface area contributed by atoms with E-state index in [0.717, 1.165) is 6.54 Å². The number of hydrogen-bond donors (Lipinski definition) is 1. The van der Waals surface area contributed by atoms with Gasteiger partial charge in [-0.2, -0.15) is 0 Å². The average Bonchev–Trinajstić information content (AvgIpc) is 2.54. The molecule has 6 nitrogen and oxygen atoms in total. The minimum atomic E-state index is -0.490. The quantitative estimate of drug-likeness (QED) is 0.700. The fraction of sp³-hybridized carbons (Fsp3) is 0.923. The van der Waals surface area contributed by atoms with Gasteiger partial charge in [0.25, 0.3) is 0 Å². The lowest BCUT2D eigenvalue weighted by atomic mass is 9.98. The van der Waals surface area contributed by atoms with Crippen LogP contribution in [-0.4, -0.2) is 68.2 Å². The second-order valence-electron chi connectivity index (χ2n) is 6.14. The largest absolute Gasteiger partial charge is 0.444 e. The SMILES string of the molecule is CC(C)(C)OC(=O)N1CCOCC12CNCCOC2. The van der Waals surface area contributed by atoms with Crippen molar-refractivity contribution in [2.45, 2.75) is 31.9 Å². The molecule has 1 amide bonds. The first-order chi connectivity index (χ1) is 8.93. The van der Waals surface area contributed by atoms with Crippen LogP contribution in [-0.2, 0) is 14.2 Å². The first-order valence-electron chi connectivity index (χ1n) is 6.80. The lowest BCUT2D eigenvalue weighted by Crippen LogP contribution is -2.65. The van der Waals surface area contributed by atoms with E-state index in [9.17, 15) is 4.79 Å². The Balaban J connectivity index is 2.12. The number of nitrogens with one attached hydrogen (secondary N) is 1. The summed E-state index contributed by atoms with van der Waals surface area (Å²) in [5.74, 6) is 0. The smallest absolute Gasteiger partial charge is 0.411 e. The van der Waals surface area contributed by atoms with Gasteiger partial charge in [0.05, 0.1) is 26.4 Å². The molecule has 0 aliphatic carbocycles. The van der Waals surface area contributed by atoms with Crippen LogP contribution in [0.25, 0.3) is 0 Å². The maximum absolute atomic E-state index is 12.4. The van der Waals surface area contributed by atoms with E-state index in [-0.39, 0.29) is 6.09 Å². The Kier molecular flexibility index (Phi) is 4.32.